The van der Waals surface area contributed by atoms with Gasteiger partial charge in [0.25, 0.3) is 5.91 Å². The van der Waals surface area contributed by atoms with Crippen molar-refractivity contribution < 1.29 is 27.2 Å². The van der Waals surface area contributed by atoms with Gasteiger partial charge in [0.05, 0.1) is 21.4 Å². The second-order valence-corrected chi connectivity index (χ2v) is 6.86. The van der Waals surface area contributed by atoms with Crippen LogP contribution in [0.15, 0.2) is 41.3 Å². The largest absolute Gasteiger partial charge is 0.398 e. The molecule has 2 N–H and O–H groups in total. The Morgan fingerprint density at radius 1 is 1.07 bits per heavy atom. The molecule has 4 nitrogen and oxygen atoms in total. The summed E-state index contributed by atoms with van der Waals surface area (Å²) >= 11 is 12.2. The van der Waals surface area contributed by atoms with E-state index in [1.165, 1.54) is 30.3 Å². The number of benzene rings is 2. The van der Waals surface area contributed by atoms with E-state index in [1.54, 1.807) is 0 Å². The number of hydrogen-bond donors (Lipinski definition) is 2. The highest BCUT2D eigenvalue weighted by Crippen LogP contribution is 2.39. The first-order valence-electron chi connectivity index (χ1n) is 7.12. The number of nitrogens with one attached hydrogen (secondary N) is 2. The van der Waals surface area contributed by atoms with Gasteiger partial charge in [-0.1, -0.05) is 35.3 Å². The molecule has 0 radical (unpaired) electrons. The number of anilines is 1. The number of hydrogen-bond acceptors (Lipinski definition) is 3. The number of carbonyl (C=O) groups is 2. The Balaban J connectivity index is 2.06. The summed E-state index contributed by atoms with van der Waals surface area (Å²) in [6, 6.07) is 6.42. The van der Waals surface area contributed by atoms with Crippen LogP contribution in [0, 0.1) is 5.82 Å². The van der Waals surface area contributed by atoms with Crippen molar-refractivity contribution in [3.8, 4) is 0 Å². The number of halogens is 6. The summed E-state index contributed by atoms with van der Waals surface area (Å²) in [4.78, 5) is 23.7. The lowest BCUT2D eigenvalue weighted by Crippen LogP contribution is -2.34. The van der Waals surface area contributed by atoms with Crippen molar-refractivity contribution in [2.45, 2.75) is 11.1 Å². The first-order valence-corrected chi connectivity index (χ1v) is 8.86. The Bertz CT molecular complexity index is 855. The lowest BCUT2D eigenvalue weighted by molar-refractivity contribution is -0.105. The molecule has 2 aromatic rings. The minimum absolute atomic E-state index is 0.00375. The predicted octanol–water partition coefficient (Wildman–Crippen LogP) is 5.75. The highest BCUT2D eigenvalue weighted by molar-refractivity contribution is 7.99. The van der Waals surface area contributed by atoms with Crippen molar-refractivity contribution in [3.05, 3.63) is 57.8 Å². The second kappa shape index (κ2) is 8.81. The Morgan fingerprint density at radius 3 is 2.22 bits per heavy atom. The first kappa shape index (κ1) is 21.3. The van der Waals surface area contributed by atoms with Gasteiger partial charge in [-0.15, -0.1) is 11.8 Å². The third-order valence-corrected chi connectivity index (χ3v) is 5.00. The van der Waals surface area contributed by atoms with Gasteiger partial charge in [-0.2, -0.15) is 13.2 Å². The highest BCUT2D eigenvalue weighted by Gasteiger charge is 2.28. The van der Waals surface area contributed by atoms with Gasteiger partial charge in [-0.05, 0) is 24.3 Å². The molecule has 0 saturated carbocycles. The highest BCUT2D eigenvalue weighted by atomic mass is 35.5. The van der Waals surface area contributed by atoms with E-state index in [-0.39, 0.29) is 26.2 Å². The van der Waals surface area contributed by atoms with E-state index in [0.29, 0.717) is 11.8 Å². The van der Waals surface area contributed by atoms with Gasteiger partial charge >= 0.3 is 12.2 Å². The Labute approximate surface area is 165 Å². The van der Waals surface area contributed by atoms with Crippen LogP contribution >= 0.6 is 35.0 Å². The average molecular weight is 441 g/mol. The Hall–Kier alpha value is -1.97. The summed E-state index contributed by atoms with van der Waals surface area (Å²) < 4.78 is 50.5. The average Bonchev–Trinajstić information content (AvgIpc) is 2.53. The zero-order chi connectivity index (χ0) is 20.2. The van der Waals surface area contributed by atoms with Crippen LogP contribution in [0.3, 0.4) is 0 Å². The molecular formula is C16H10Cl2F4N2O2S. The number of thioether (sulfide) groups is 1. The number of imide groups is 1. The molecule has 0 saturated heterocycles. The Morgan fingerprint density at radius 2 is 1.67 bits per heavy atom. The van der Waals surface area contributed by atoms with Crippen LogP contribution in [0.4, 0.5) is 28.0 Å². The van der Waals surface area contributed by atoms with Crippen LogP contribution in [-0.2, 0) is 0 Å². The van der Waals surface area contributed by atoms with Gasteiger partial charge < -0.3 is 5.32 Å². The minimum atomic E-state index is -4.40. The number of alkyl halides is 3. The lowest BCUT2D eigenvalue weighted by atomic mass is 10.2. The Kier molecular flexibility index (Phi) is 6.96. The maximum Gasteiger partial charge on any atom is 0.398 e. The summed E-state index contributed by atoms with van der Waals surface area (Å²) in [6.07, 6.45) is -4.40. The van der Waals surface area contributed by atoms with Gasteiger partial charge in [-0.25, -0.2) is 9.18 Å². The van der Waals surface area contributed by atoms with Crippen molar-refractivity contribution in [2.24, 2.45) is 0 Å². The van der Waals surface area contributed by atoms with Crippen molar-refractivity contribution >= 4 is 52.6 Å². The van der Waals surface area contributed by atoms with Crippen molar-refractivity contribution in [1.82, 2.24) is 5.32 Å². The molecule has 0 aliphatic carbocycles. The predicted molar refractivity (Wildman–Crippen MR) is 96.1 cm³/mol. The quantitative estimate of drug-likeness (QED) is 0.470. The first-order chi connectivity index (χ1) is 12.6. The number of amides is 3. The standard InChI is InChI=1S/C16H10Cl2F4N2O2S/c17-10-5-8(6-11(18)13(10)27-7-16(20,21)22)23-15(26)24-14(25)9-3-1-2-4-12(9)19/h1-6H,7H2,(H2,23,24,25,26). The van der Waals surface area contributed by atoms with Crippen LogP contribution in [-0.4, -0.2) is 23.9 Å². The fourth-order valence-electron chi connectivity index (χ4n) is 1.90. The van der Waals surface area contributed by atoms with Crippen molar-refractivity contribution in [3.63, 3.8) is 0 Å². The van der Waals surface area contributed by atoms with Gasteiger partial charge in [0.1, 0.15) is 5.82 Å². The summed E-state index contributed by atoms with van der Waals surface area (Å²) in [6.45, 7) is 0. The molecule has 0 unspecified atom stereocenters. The topological polar surface area (TPSA) is 58.2 Å². The molecule has 27 heavy (non-hydrogen) atoms. The van der Waals surface area contributed by atoms with Crippen LogP contribution in [0.5, 0.6) is 0 Å². The zero-order valence-electron chi connectivity index (χ0n) is 13.2. The minimum Gasteiger partial charge on any atom is -0.308 e. The molecule has 0 bridgehead atoms. The second-order valence-electron chi connectivity index (χ2n) is 5.06. The molecule has 0 spiro atoms. The monoisotopic (exact) mass is 440 g/mol. The van der Waals surface area contributed by atoms with Gasteiger partial charge in [0, 0.05) is 10.6 Å². The normalized spacial score (nSPS) is 11.2. The molecule has 0 fully saturated rings. The number of carbonyl (C=O) groups excluding carboxylic acids is 2. The molecule has 0 aliphatic rings. The number of urea groups is 1. The van der Waals surface area contributed by atoms with Crippen molar-refractivity contribution in [2.75, 3.05) is 11.1 Å². The summed E-state index contributed by atoms with van der Waals surface area (Å²) in [5.41, 5.74) is -0.289. The van der Waals surface area contributed by atoms with E-state index < -0.39 is 29.7 Å². The summed E-state index contributed by atoms with van der Waals surface area (Å²) in [7, 11) is 0. The van der Waals surface area contributed by atoms with E-state index in [9.17, 15) is 27.2 Å². The van der Waals surface area contributed by atoms with E-state index >= 15 is 0 Å². The van der Waals surface area contributed by atoms with Crippen molar-refractivity contribution in [1.29, 1.82) is 0 Å². The van der Waals surface area contributed by atoms with Gasteiger partial charge in [-0.3, -0.25) is 10.1 Å². The van der Waals surface area contributed by atoms with Crippen LogP contribution in [0.25, 0.3) is 0 Å². The van der Waals surface area contributed by atoms with E-state index in [2.05, 4.69) is 5.32 Å². The number of rotatable bonds is 4. The fraction of sp³-hybridized carbons (Fsp3) is 0.125. The maximum absolute atomic E-state index is 13.5. The fourth-order valence-corrected chi connectivity index (χ4v) is 3.42. The molecular weight excluding hydrogens is 431 g/mol. The van der Waals surface area contributed by atoms with Crippen LogP contribution < -0.4 is 10.6 Å². The molecule has 0 heterocycles. The van der Waals surface area contributed by atoms with E-state index in [4.69, 9.17) is 23.2 Å². The lowest BCUT2D eigenvalue weighted by Gasteiger charge is -2.12. The summed E-state index contributed by atoms with van der Waals surface area (Å²) in [5.74, 6) is -2.96. The molecule has 2 rings (SSSR count). The molecule has 3 amide bonds. The molecule has 11 heteroatoms. The third-order valence-electron chi connectivity index (χ3n) is 2.98. The molecule has 0 atom stereocenters. The van der Waals surface area contributed by atoms with Crippen LogP contribution in [0.1, 0.15) is 10.4 Å². The van der Waals surface area contributed by atoms with Gasteiger partial charge in [0.2, 0.25) is 0 Å². The third kappa shape index (κ3) is 6.30. The van der Waals surface area contributed by atoms with E-state index in [1.807, 2.05) is 5.32 Å². The maximum atomic E-state index is 13.5. The SMILES string of the molecule is O=C(NC(=O)c1ccccc1F)Nc1cc(Cl)c(SCC(F)(F)F)c(Cl)c1. The van der Waals surface area contributed by atoms with Crippen LogP contribution in [0.2, 0.25) is 10.0 Å². The van der Waals surface area contributed by atoms with Gasteiger partial charge in [0.15, 0.2) is 0 Å². The smallest absolute Gasteiger partial charge is 0.308 e. The zero-order valence-corrected chi connectivity index (χ0v) is 15.5. The molecule has 0 aliphatic heterocycles. The summed E-state index contributed by atoms with van der Waals surface area (Å²) in [5, 5.41) is 3.96. The van der Waals surface area contributed by atoms with E-state index in [0.717, 1.165) is 6.07 Å². The molecule has 2 aromatic carbocycles. The molecule has 144 valence electrons. The molecule has 0 aromatic heterocycles.